The van der Waals surface area contributed by atoms with Crippen LogP contribution in [0.4, 0.5) is 0 Å². The van der Waals surface area contributed by atoms with Crippen molar-refractivity contribution in [2.75, 3.05) is 0 Å². The molecule has 3 heterocycles. The number of fused-ring (bicyclic) bond motifs is 4. The number of para-hydroxylation sites is 2. The highest BCUT2D eigenvalue weighted by Crippen LogP contribution is 2.32. The van der Waals surface area contributed by atoms with Gasteiger partial charge in [0.2, 0.25) is 0 Å². The van der Waals surface area contributed by atoms with Crippen molar-refractivity contribution in [3.8, 4) is 11.3 Å². The summed E-state index contributed by atoms with van der Waals surface area (Å²) in [7, 11) is 0. The minimum absolute atomic E-state index is 0.695. The molecule has 0 saturated carbocycles. The Morgan fingerprint density at radius 2 is 1.61 bits per heavy atom. The van der Waals surface area contributed by atoms with Crippen LogP contribution in [0.1, 0.15) is 0 Å². The molecule has 5 rings (SSSR count). The Kier molecular flexibility index (Phi) is 2.60. The molecule has 0 fully saturated rings. The topological polar surface area (TPSA) is 57.4 Å². The van der Waals surface area contributed by atoms with Gasteiger partial charge >= 0.3 is 0 Å². The fraction of sp³-hybridized carbons (Fsp3) is 0. The molecule has 0 aliphatic carbocycles. The standard InChI is InChI=1S/C18H11BrN4/c19-18-22-15-9-8-14(21-17(15)23-18)12-6-3-5-11-10-4-1-2-7-13(10)20-16(11)12/h1-9,20H,(H,21,22,23). The van der Waals surface area contributed by atoms with Crippen molar-refractivity contribution in [3.05, 3.63) is 59.3 Å². The van der Waals surface area contributed by atoms with E-state index in [4.69, 9.17) is 4.98 Å². The van der Waals surface area contributed by atoms with Crippen molar-refractivity contribution in [1.29, 1.82) is 0 Å². The van der Waals surface area contributed by atoms with Crippen molar-refractivity contribution < 1.29 is 0 Å². The summed E-state index contributed by atoms with van der Waals surface area (Å²) >= 11 is 3.36. The monoisotopic (exact) mass is 362 g/mol. The quantitative estimate of drug-likeness (QED) is 0.439. The van der Waals surface area contributed by atoms with Crippen molar-refractivity contribution in [1.82, 2.24) is 19.9 Å². The van der Waals surface area contributed by atoms with E-state index in [0.29, 0.717) is 10.4 Å². The molecule has 0 amide bonds. The molecule has 5 aromatic rings. The van der Waals surface area contributed by atoms with Gasteiger partial charge in [0.05, 0.1) is 16.7 Å². The molecule has 110 valence electrons. The normalized spacial score (nSPS) is 11.7. The molecule has 3 aromatic heterocycles. The van der Waals surface area contributed by atoms with E-state index in [2.05, 4.69) is 67.3 Å². The number of hydrogen-bond donors (Lipinski definition) is 2. The molecule has 4 nitrogen and oxygen atoms in total. The Balaban J connectivity index is 1.83. The Bertz CT molecular complexity index is 1190. The van der Waals surface area contributed by atoms with Gasteiger partial charge in [-0.3, -0.25) is 0 Å². The van der Waals surface area contributed by atoms with Crippen LogP contribution in [0.5, 0.6) is 0 Å². The molecule has 2 N–H and O–H groups in total. The van der Waals surface area contributed by atoms with Crippen molar-refractivity contribution in [2.24, 2.45) is 0 Å². The summed E-state index contributed by atoms with van der Waals surface area (Å²) in [5, 5.41) is 2.44. The van der Waals surface area contributed by atoms with E-state index in [1.807, 2.05) is 18.2 Å². The third-order valence-corrected chi connectivity index (χ3v) is 4.51. The fourth-order valence-corrected chi connectivity index (χ4v) is 3.48. The first-order chi connectivity index (χ1) is 11.3. The second kappa shape index (κ2) is 4.67. The SMILES string of the molecule is Brc1nc2nc(-c3cccc4c3[nH]c3ccccc34)ccc2[nH]1. The van der Waals surface area contributed by atoms with Gasteiger partial charge in [-0.2, -0.15) is 0 Å². The maximum absolute atomic E-state index is 4.69. The van der Waals surface area contributed by atoms with E-state index in [-0.39, 0.29) is 0 Å². The summed E-state index contributed by atoms with van der Waals surface area (Å²) in [6.45, 7) is 0. The number of nitrogens with one attached hydrogen (secondary N) is 2. The molecular weight excluding hydrogens is 352 g/mol. The smallest absolute Gasteiger partial charge is 0.179 e. The van der Waals surface area contributed by atoms with Crippen LogP contribution in [-0.2, 0) is 0 Å². The number of nitrogens with zero attached hydrogens (tertiary/aromatic N) is 2. The zero-order valence-corrected chi connectivity index (χ0v) is 13.6. The Morgan fingerprint density at radius 1 is 0.739 bits per heavy atom. The van der Waals surface area contributed by atoms with Crippen LogP contribution in [0.3, 0.4) is 0 Å². The van der Waals surface area contributed by atoms with E-state index in [0.717, 1.165) is 27.8 Å². The number of pyridine rings is 1. The summed E-state index contributed by atoms with van der Waals surface area (Å²) in [6, 6.07) is 18.7. The van der Waals surface area contributed by atoms with Gasteiger partial charge in [-0.1, -0.05) is 36.4 Å². The maximum Gasteiger partial charge on any atom is 0.179 e. The second-order valence-corrected chi connectivity index (χ2v) is 6.25. The van der Waals surface area contributed by atoms with Crippen LogP contribution >= 0.6 is 15.9 Å². The summed E-state index contributed by atoms with van der Waals surface area (Å²) in [5.41, 5.74) is 5.87. The third kappa shape index (κ3) is 1.90. The molecule has 5 heteroatoms. The van der Waals surface area contributed by atoms with Crippen LogP contribution in [0.25, 0.3) is 44.2 Å². The number of aromatic amines is 2. The van der Waals surface area contributed by atoms with E-state index < -0.39 is 0 Å². The first-order valence-corrected chi connectivity index (χ1v) is 8.11. The number of benzene rings is 2. The van der Waals surface area contributed by atoms with Gasteiger partial charge in [0, 0.05) is 21.9 Å². The lowest BCUT2D eigenvalue weighted by atomic mass is 10.1. The van der Waals surface area contributed by atoms with Crippen LogP contribution in [0, 0.1) is 0 Å². The zero-order chi connectivity index (χ0) is 15.4. The third-order valence-electron chi connectivity index (χ3n) is 4.13. The summed E-state index contributed by atoms with van der Waals surface area (Å²) in [4.78, 5) is 15.7. The van der Waals surface area contributed by atoms with Gasteiger partial charge in [-0.25, -0.2) is 9.97 Å². The second-order valence-electron chi connectivity index (χ2n) is 5.49. The molecule has 0 aliphatic heterocycles. The molecule has 0 bridgehead atoms. The van der Waals surface area contributed by atoms with Crippen molar-refractivity contribution in [2.45, 2.75) is 0 Å². The average Bonchev–Trinajstić information content (AvgIpc) is 3.13. The number of hydrogen-bond acceptors (Lipinski definition) is 2. The highest BCUT2D eigenvalue weighted by Gasteiger charge is 2.11. The fourth-order valence-electron chi connectivity index (χ4n) is 3.10. The highest BCUT2D eigenvalue weighted by atomic mass is 79.9. The lowest BCUT2D eigenvalue weighted by Gasteiger charge is -2.02. The van der Waals surface area contributed by atoms with E-state index in [9.17, 15) is 0 Å². The molecule has 2 aromatic carbocycles. The first kappa shape index (κ1) is 12.8. The molecule has 0 saturated heterocycles. The Labute approximate surface area is 139 Å². The van der Waals surface area contributed by atoms with Crippen molar-refractivity contribution in [3.63, 3.8) is 0 Å². The first-order valence-electron chi connectivity index (χ1n) is 7.32. The molecular formula is C18H11BrN4. The molecule has 0 unspecified atom stereocenters. The van der Waals surface area contributed by atoms with Gasteiger partial charge in [0.15, 0.2) is 10.4 Å². The highest BCUT2D eigenvalue weighted by molar-refractivity contribution is 9.10. The Morgan fingerprint density at radius 3 is 2.57 bits per heavy atom. The maximum atomic E-state index is 4.69. The van der Waals surface area contributed by atoms with Crippen LogP contribution < -0.4 is 0 Å². The van der Waals surface area contributed by atoms with Crippen molar-refractivity contribution >= 4 is 48.9 Å². The lowest BCUT2D eigenvalue weighted by molar-refractivity contribution is 1.25. The van der Waals surface area contributed by atoms with Crippen LogP contribution in [0.15, 0.2) is 59.3 Å². The van der Waals surface area contributed by atoms with Gasteiger partial charge in [-0.15, -0.1) is 0 Å². The summed E-state index contributed by atoms with van der Waals surface area (Å²) in [5.74, 6) is 0. The number of rotatable bonds is 1. The number of halogens is 1. The summed E-state index contributed by atoms with van der Waals surface area (Å²) < 4.78 is 0.695. The van der Waals surface area contributed by atoms with Gasteiger partial charge in [0.1, 0.15) is 0 Å². The lowest BCUT2D eigenvalue weighted by Crippen LogP contribution is -1.86. The largest absolute Gasteiger partial charge is 0.354 e. The van der Waals surface area contributed by atoms with Crippen LogP contribution in [0.2, 0.25) is 0 Å². The minimum atomic E-state index is 0.695. The molecule has 23 heavy (non-hydrogen) atoms. The molecule has 0 aliphatic rings. The minimum Gasteiger partial charge on any atom is -0.354 e. The molecule has 0 atom stereocenters. The van der Waals surface area contributed by atoms with Gasteiger partial charge in [-0.05, 0) is 34.1 Å². The van der Waals surface area contributed by atoms with E-state index in [1.165, 1.54) is 10.8 Å². The average molecular weight is 363 g/mol. The number of imidazole rings is 1. The number of H-pyrrole nitrogens is 2. The predicted octanol–water partition coefficient (Wildman–Crippen LogP) is 5.02. The summed E-state index contributed by atoms with van der Waals surface area (Å²) in [6.07, 6.45) is 0. The zero-order valence-electron chi connectivity index (χ0n) is 12.0. The van der Waals surface area contributed by atoms with Crippen LogP contribution in [-0.4, -0.2) is 19.9 Å². The molecule has 0 spiro atoms. The van der Waals surface area contributed by atoms with Gasteiger partial charge < -0.3 is 9.97 Å². The van der Waals surface area contributed by atoms with E-state index in [1.54, 1.807) is 0 Å². The number of aromatic nitrogens is 4. The molecule has 0 radical (unpaired) electrons. The van der Waals surface area contributed by atoms with Gasteiger partial charge in [0.25, 0.3) is 0 Å². The van der Waals surface area contributed by atoms with E-state index >= 15 is 0 Å². The Hall–Kier alpha value is -2.66. The predicted molar refractivity (Wildman–Crippen MR) is 96.4 cm³/mol.